The van der Waals surface area contributed by atoms with Crippen molar-refractivity contribution in [2.75, 3.05) is 33.2 Å². The van der Waals surface area contributed by atoms with Crippen LogP contribution < -0.4 is 5.32 Å². The molecule has 20 heavy (non-hydrogen) atoms. The van der Waals surface area contributed by atoms with E-state index in [1.807, 2.05) is 11.1 Å². The molecule has 1 aromatic rings. The fourth-order valence-electron chi connectivity index (χ4n) is 3.17. The minimum absolute atomic E-state index is 0.0901. The van der Waals surface area contributed by atoms with Crippen LogP contribution in [0, 0.1) is 0 Å². The van der Waals surface area contributed by atoms with Gasteiger partial charge >= 0.3 is 6.03 Å². The van der Waals surface area contributed by atoms with Crippen LogP contribution in [0.15, 0.2) is 12.3 Å². The molecule has 2 aliphatic heterocycles. The summed E-state index contributed by atoms with van der Waals surface area (Å²) < 4.78 is 2.11. The second-order valence-corrected chi connectivity index (χ2v) is 5.83. The zero-order chi connectivity index (χ0) is 13.9. The third-order valence-corrected chi connectivity index (χ3v) is 4.20. The molecule has 3 rings (SSSR count). The van der Waals surface area contributed by atoms with Crippen molar-refractivity contribution >= 4 is 6.03 Å². The Bertz CT molecular complexity index is 466. The number of nitrogens with zero attached hydrogens (tertiary/aromatic N) is 4. The molecule has 1 saturated heterocycles. The molecule has 2 amide bonds. The number of hydrogen-bond donors (Lipinski definition) is 1. The highest BCUT2D eigenvalue weighted by Gasteiger charge is 2.23. The van der Waals surface area contributed by atoms with Gasteiger partial charge in [0.2, 0.25) is 0 Å². The van der Waals surface area contributed by atoms with Gasteiger partial charge in [0.05, 0.1) is 11.7 Å². The maximum Gasteiger partial charge on any atom is 0.317 e. The average molecular weight is 277 g/mol. The third-order valence-electron chi connectivity index (χ3n) is 4.20. The first-order chi connectivity index (χ1) is 9.74. The number of nitrogens with one attached hydrogen (secondary N) is 1. The maximum atomic E-state index is 11.9. The van der Waals surface area contributed by atoms with Gasteiger partial charge in [0.25, 0.3) is 0 Å². The highest BCUT2D eigenvalue weighted by Crippen LogP contribution is 2.21. The summed E-state index contributed by atoms with van der Waals surface area (Å²) in [6.07, 6.45) is 5.07. The van der Waals surface area contributed by atoms with Crippen LogP contribution in [-0.2, 0) is 6.54 Å². The lowest BCUT2D eigenvalue weighted by atomic mass is 10.1. The van der Waals surface area contributed by atoms with Gasteiger partial charge in [-0.1, -0.05) is 0 Å². The van der Waals surface area contributed by atoms with E-state index < -0.39 is 0 Å². The van der Waals surface area contributed by atoms with Crippen LogP contribution >= 0.6 is 0 Å². The van der Waals surface area contributed by atoms with Gasteiger partial charge in [0.1, 0.15) is 0 Å². The Balaban J connectivity index is 1.50. The van der Waals surface area contributed by atoms with Crippen molar-refractivity contribution in [2.24, 2.45) is 0 Å². The molecule has 3 heterocycles. The number of carbonyl (C=O) groups is 1. The predicted molar refractivity (Wildman–Crippen MR) is 76.4 cm³/mol. The Kier molecular flexibility index (Phi) is 3.91. The van der Waals surface area contributed by atoms with Crippen molar-refractivity contribution < 1.29 is 4.79 Å². The smallest absolute Gasteiger partial charge is 0.317 e. The van der Waals surface area contributed by atoms with Gasteiger partial charge in [0, 0.05) is 38.9 Å². The maximum absolute atomic E-state index is 11.9. The average Bonchev–Trinajstić information content (AvgIpc) is 3.09. The number of rotatable bonds is 3. The minimum Gasteiger partial charge on any atom is -0.338 e. The number of carbonyl (C=O) groups excluding carboxylic acids is 1. The number of hydrogen-bond acceptors (Lipinski definition) is 3. The molecule has 0 bridgehead atoms. The van der Waals surface area contributed by atoms with Gasteiger partial charge in [-0.2, -0.15) is 5.10 Å². The van der Waals surface area contributed by atoms with E-state index in [9.17, 15) is 4.79 Å². The molecule has 6 nitrogen and oxygen atoms in total. The van der Waals surface area contributed by atoms with Crippen molar-refractivity contribution in [2.45, 2.75) is 31.8 Å². The van der Waals surface area contributed by atoms with E-state index in [-0.39, 0.29) is 6.03 Å². The van der Waals surface area contributed by atoms with Crippen LogP contribution in [0.5, 0.6) is 0 Å². The molecule has 110 valence electrons. The molecule has 0 radical (unpaired) electrons. The van der Waals surface area contributed by atoms with Crippen molar-refractivity contribution in [3.05, 3.63) is 18.0 Å². The zero-order valence-corrected chi connectivity index (χ0v) is 12.1. The van der Waals surface area contributed by atoms with Crippen LogP contribution in [0.2, 0.25) is 0 Å². The van der Waals surface area contributed by atoms with E-state index in [0.717, 1.165) is 45.4 Å². The minimum atomic E-state index is 0.0901. The van der Waals surface area contributed by atoms with E-state index in [4.69, 9.17) is 0 Å². The number of aromatic nitrogens is 2. The van der Waals surface area contributed by atoms with E-state index in [2.05, 4.69) is 33.1 Å². The standard InChI is InChI=1S/C14H23N5O/c1-17-10-12(19-13(11-17)5-7-16-19)4-6-15-14(20)18-8-2-3-9-18/h5,7,12H,2-4,6,8-11H2,1H3,(H,15,20)/t12-/m0/s1. The van der Waals surface area contributed by atoms with Gasteiger partial charge in [-0.05, 0) is 32.4 Å². The Morgan fingerprint density at radius 1 is 1.45 bits per heavy atom. The molecule has 6 heteroatoms. The Hall–Kier alpha value is -1.56. The number of fused-ring (bicyclic) bond motifs is 1. The second kappa shape index (κ2) is 5.83. The molecule has 0 unspecified atom stereocenters. The van der Waals surface area contributed by atoms with Crippen LogP contribution in [0.3, 0.4) is 0 Å². The van der Waals surface area contributed by atoms with E-state index >= 15 is 0 Å². The lowest BCUT2D eigenvalue weighted by Crippen LogP contribution is -2.40. The Labute approximate surface area is 119 Å². The van der Waals surface area contributed by atoms with Crippen LogP contribution in [-0.4, -0.2) is 58.8 Å². The highest BCUT2D eigenvalue weighted by molar-refractivity contribution is 5.74. The molecule has 0 spiro atoms. The Morgan fingerprint density at radius 2 is 2.25 bits per heavy atom. The summed E-state index contributed by atoms with van der Waals surface area (Å²) in [5, 5.41) is 7.45. The number of likely N-dealkylation sites (N-methyl/N-ethyl adjacent to an activating group) is 1. The summed E-state index contributed by atoms with van der Waals surface area (Å²) in [5.41, 5.74) is 1.26. The molecular formula is C14H23N5O. The lowest BCUT2D eigenvalue weighted by Gasteiger charge is -2.31. The van der Waals surface area contributed by atoms with E-state index in [0.29, 0.717) is 12.6 Å². The SMILES string of the molecule is CN1Cc2ccnn2[C@@H](CCNC(=O)N2CCCC2)C1. The van der Waals surface area contributed by atoms with Crippen LogP contribution in [0.1, 0.15) is 31.0 Å². The second-order valence-electron chi connectivity index (χ2n) is 5.83. The van der Waals surface area contributed by atoms with Gasteiger partial charge in [0.15, 0.2) is 0 Å². The summed E-state index contributed by atoms with van der Waals surface area (Å²) in [6.45, 7) is 4.47. The van der Waals surface area contributed by atoms with Gasteiger partial charge in [-0.15, -0.1) is 0 Å². The summed E-state index contributed by atoms with van der Waals surface area (Å²) in [6, 6.07) is 2.52. The topological polar surface area (TPSA) is 53.4 Å². The summed E-state index contributed by atoms with van der Waals surface area (Å²) in [7, 11) is 2.13. The van der Waals surface area contributed by atoms with Crippen molar-refractivity contribution in [3.63, 3.8) is 0 Å². The quantitative estimate of drug-likeness (QED) is 0.899. The molecule has 1 atom stereocenters. The van der Waals surface area contributed by atoms with Crippen LogP contribution in [0.25, 0.3) is 0 Å². The fraction of sp³-hybridized carbons (Fsp3) is 0.714. The van der Waals surface area contributed by atoms with Crippen molar-refractivity contribution in [3.8, 4) is 0 Å². The summed E-state index contributed by atoms with van der Waals surface area (Å²) >= 11 is 0. The largest absolute Gasteiger partial charge is 0.338 e. The molecule has 0 saturated carbocycles. The van der Waals surface area contributed by atoms with Gasteiger partial charge in [-0.3, -0.25) is 9.58 Å². The number of likely N-dealkylation sites (tertiary alicyclic amines) is 1. The van der Waals surface area contributed by atoms with Crippen molar-refractivity contribution in [1.82, 2.24) is 24.9 Å². The molecule has 0 aliphatic carbocycles. The number of amides is 2. The van der Waals surface area contributed by atoms with E-state index in [1.165, 1.54) is 5.69 Å². The summed E-state index contributed by atoms with van der Waals surface area (Å²) in [4.78, 5) is 16.1. The molecule has 0 aromatic carbocycles. The first kappa shape index (κ1) is 13.4. The first-order valence-corrected chi connectivity index (χ1v) is 7.48. The molecule has 1 fully saturated rings. The summed E-state index contributed by atoms with van der Waals surface area (Å²) in [5.74, 6) is 0. The normalized spacial score (nSPS) is 22.9. The molecular weight excluding hydrogens is 254 g/mol. The highest BCUT2D eigenvalue weighted by atomic mass is 16.2. The molecule has 2 aliphatic rings. The van der Waals surface area contributed by atoms with Crippen molar-refractivity contribution in [1.29, 1.82) is 0 Å². The Morgan fingerprint density at radius 3 is 3.05 bits per heavy atom. The van der Waals surface area contributed by atoms with Gasteiger partial charge in [-0.25, -0.2) is 4.79 Å². The first-order valence-electron chi connectivity index (χ1n) is 7.48. The molecule has 1 N–H and O–H groups in total. The fourth-order valence-corrected chi connectivity index (χ4v) is 3.17. The number of urea groups is 1. The third kappa shape index (κ3) is 2.80. The predicted octanol–water partition coefficient (Wildman–Crippen LogP) is 1.07. The monoisotopic (exact) mass is 277 g/mol. The lowest BCUT2D eigenvalue weighted by molar-refractivity contribution is 0.194. The van der Waals surface area contributed by atoms with Crippen LogP contribution in [0.4, 0.5) is 4.79 Å². The van der Waals surface area contributed by atoms with Gasteiger partial charge < -0.3 is 10.2 Å². The zero-order valence-electron chi connectivity index (χ0n) is 12.1. The molecule has 1 aromatic heterocycles. The van der Waals surface area contributed by atoms with E-state index in [1.54, 1.807) is 0 Å².